The minimum absolute atomic E-state index is 0.109. The molecular formula is C78H152O17P2. The molecule has 0 aromatic rings. The zero-order valence-corrected chi connectivity index (χ0v) is 64.8. The Bertz CT molecular complexity index is 1840. The average Bonchev–Trinajstić information content (AvgIpc) is 1.47. The molecule has 0 amide bonds. The van der Waals surface area contributed by atoms with Gasteiger partial charge in [-0.25, -0.2) is 9.13 Å². The average molecular weight is 1420 g/mol. The number of rotatable bonds is 79. The smallest absolute Gasteiger partial charge is 0.462 e. The van der Waals surface area contributed by atoms with Crippen molar-refractivity contribution in [3.63, 3.8) is 0 Å². The molecule has 0 aliphatic carbocycles. The first-order valence-corrected chi connectivity index (χ1v) is 43.8. The second-order valence-corrected chi connectivity index (χ2v) is 31.0. The lowest BCUT2D eigenvalue weighted by Crippen LogP contribution is -2.30. The molecule has 97 heavy (non-hydrogen) atoms. The van der Waals surface area contributed by atoms with Crippen LogP contribution >= 0.6 is 15.6 Å². The molecule has 0 fully saturated rings. The predicted molar refractivity (Wildman–Crippen MR) is 395 cm³/mol. The molecule has 0 radical (unpaired) electrons. The zero-order chi connectivity index (χ0) is 71.1. The summed E-state index contributed by atoms with van der Waals surface area (Å²) in [5.41, 5.74) is 0. The molecule has 2 unspecified atom stereocenters. The molecule has 5 atom stereocenters. The van der Waals surface area contributed by atoms with E-state index in [9.17, 15) is 43.2 Å². The fourth-order valence-corrected chi connectivity index (χ4v) is 13.7. The number of aliphatic hydroxyl groups excluding tert-OH is 1. The summed E-state index contributed by atoms with van der Waals surface area (Å²) in [6.45, 7) is 5.02. The lowest BCUT2D eigenvalue weighted by Gasteiger charge is -2.21. The molecule has 0 rings (SSSR count). The number of carbonyl (C=O) groups excluding carboxylic acids is 4. The molecule has 0 saturated heterocycles. The van der Waals surface area contributed by atoms with Gasteiger partial charge in [0, 0.05) is 25.7 Å². The molecule has 0 bridgehead atoms. The summed E-state index contributed by atoms with van der Waals surface area (Å²) in [5, 5.41) is 10.6. The Morgan fingerprint density at radius 2 is 0.412 bits per heavy atom. The van der Waals surface area contributed by atoms with Crippen molar-refractivity contribution in [2.75, 3.05) is 39.6 Å². The maximum absolute atomic E-state index is 13.1. The molecule has 576 valence electrons. The highest BCUT2D eigenvalue weighted by Gasteiger charge is 2.30. The third-order valence-electron chi connectivity index (χ3n) is 18.4. The standard InChI is InChI=1S/C78H152O17P2/c1-5-9-13-17-21-25-29-32-35-38-41-45-49-53-57-61-65-78(83)95-74(69-89-76(81)63-59-55-51-47-43-39-36-33-30-26-22-18-14-10-6-2)71-93-97(86,87)91-67-72(79)66-90-96(84,85)92-70-73(68-88-75(80)62-58-54-50-46-42-28-24-20-16-12-8-4)94-77(82)64-60-56-52-48-44-40-37-34-31-27-23-19-15-11-7-3/h72-74,79H,5-71H2,1-4H3,(H,84,85)(H,86,87)/t72-,73+,74+/m0/s1. The predicted octanol–water partition coefficient (Wildman–Crippen LogP) is 23.4. The van der Waals surface area contributed by atoms with Gasteiger partial charge in [-0.2, -0.15) is 0 Å². The van der Waals surface area contributed by atoms with Crippen molar-refractivity contribution in [3.8, 4) is 0 Å². The topological polar surface area (TPSA) is 237 Å². The van der Waals surface area contributed by atoms with Crippen LogP contribution in [0.25, 0.3) is 0 Å². The second kappa shape index (κ2) is 72.4. The van der Waals surface area contributed by atoms with Crippen molar-refractivity contribution in [1.29, 1.82) is 0 Å². The van der Waals surface area contributed by atoms with E-state index in [1.807, 2.05) is 0 Å². The summed E-state index contributed by atoms with van der Waals surface area (Å²) in [6, 6.07) is 0. The van der Waals surface area contributed by atoms with Gasteiger partial charge in [0.1, 0.15) is 19.3 Å². The van der Waals surface area contributed by atoms with Gasteiger partial charge in [0.15, 0.2) is 12.2 Å². The fraction of sp³-hybridized carbons (Fsp3) is 0.949. The van der Waals surface area contributed by atoms with E-state index in [0.717, 1.165) is 89.9 Å². The number of carbonyl (C=O) groups is 4. The molecule has 0 saturated carbocycles. The van der Waals surface area contributed by atoms with Crippen molar-refractivity contribution in [2.24, 2.45) is 0 Å². The molecule has 0 aromatic heterocycles. The van der Waals surface area contributed by atoms with Crippen LogP contribution in [0, 0.1) is 0 Å². The Hall–Kier alpha value is -1.94. The molecule has 0 aliphatic rings. The number of phosphoric ester groups is 2. The second-order valence-electron chi connectivity index (χ2n) is 28.1. The lowest BCUT2D eigenvalue weighted by atomic mass is 10.0. The summed E-state index contributed by atoms with van der Waals surface area (Å²) < 4.78 is 68.6. The summed E-state index contributed by atoms with van der Waals surface area (Å²) in [5.74, 6) is -2.10. The van der Waals surface area contributed by atoms with E-state index in [0.29, 0.717) is 25.7 Å². The number of unbranched alkanes of at least 4 members (excludes halogenated alkanes) is 53. The van der Waals surface area contributed by atoms with Gasteiger partial charge < -0.3 is 33.8 Å². The Morgan fingerprint density at radius 1 is 0.247 bits per heavy atom. The van der Waals surface area contributed by atoms with Gasteiger partial charge in [-0.05, 0) is 25.7 Å². The van der Waals surface area contributed by atoms with E-state index < -0.39 is 97.5 Å². The highest BCUT2D eigenvalue weighted by atomic mass is 31.2. The number of esters is 4. The van der Waals surface area contributed by atoms with Crippen LogP contribution in [0.2, 0.25) is 0 Å². The largest absolute Gasteiger partial charge is 0.472 e. The van der Waals surface area contributed by atoms with Crippen LogP contribution in [0.15, 0.2) is 0 Å². The Morgan fingerprint density at radius 3 is 0.608 bits per heavy atom. The highest BCUT2D eigenvalue weighted by molar-refractivity contribution is 7.47. The van der Waals surface area contributed by atoms with Crippen molar-refractivity contribution in [1.82, 2.24) is 0 Å². The van der Waals surface area contributed by atoms with Gasteiger partial charge in [-0.3, -0.25) is 37.3 Å². The van der Waals surface area contributed by atoms with Crippen LogP contribution in [-0.2, 0) is 65.4 Å². The van der Waals surface area contributed by atoms with Crippen molar-refractivity contribution in [2.45, 2.75) is 438 Å². The van der Waals surface area contributed by atoms with Crippen LogP contribution in [0.4, 0.5) is 0 Å². The van der Waals surface area contributed by atoms with Crippen LogP contribution in [0.3, 0.4) is 0 Å². The monoisotopic (exact) mass is 1420 g/mol. The van der Waals surface area contributed by atoms with Crippen LogP contribution in [0.5, 0.6) is 0 Å². The first-order chi connectivity index (χ1) is 47.2. The van der Waals surface area contributed by atoms with E-state index >= 15 is 0 Å². The number of ether oxygens (including phenoxy) is 4. The third kappa shape index (κ3) is 72.2. The van der Waals surface area contributed by atoms with Gasteiger partial charge in [0.25, 0.3) is 0 Å². The van der Waals surface area contributed by atoms with Crippen LogP contribution in [0.1, 0.15) is 419 Å². The summed E-state index contributed by atoms with van der Waals surface area (Å²) >= 11 is 0. The van der Waals surface area contributed by atoms with Gasteiger partial charge in [-0.15, -0.1) is 0 Å². The van der Waals surface area contributed by atoms with Crippen molar-refractivity contribution >= 4 is 39.5 Å². The number of aliphatic hydroxyl groups is 1. The van der Waals surface area contributed by atoms with Crippen LogP contribution in [-0.4, -0.2) is 96.7 Å². The Kier molecular flexibility index (Phi) is 71.0. The van der Waals surface area contributed by atoms with Gasteiger partial charge in [-0.1, -0.05) is 368 Å². The minimum Gasteiger partial charge on any atom is -0.462 e. The van der Waals surface area contributed by atoms with Gasteiger partial charge in [0.05, 0.1) is 26.4 Å². The molecule has 17 nitrogen and oxygen atoms in total. The van der Waals surface area contributed by atoms with E-state index in [2.05, 4.69) is 27.7 Å². The van der Waals surface area contributed by atoms with E-state index in [1.54, 1.807) is 0 Å². The van der Waals surface area contributed by atoms with Crippen molar-refractivity contribution in [3.05, 3.63) is 0 Å². The lowest BCUT2D eigenvalue weighted by molar-refractivity contribution is -0.161. The summed E-state index contributed by atoms with van der Waals surface area (Å²) in [7, 11) is -9.91. The normalized spacial score (nSPS) is 13.8. The first kappa shape index (κ1) is 95.1. The van der Waals surface area contributed by atoms with Crippen LogP contribution < -0.4 is 0 Å². The maximum Gasteiger partial charge on any atom is 0.472 e. The highest BCUT2D eigenvalue weighted by Crippen LogP contribution is 2.45. The van der Waals surface area contributed by atoms with E-state index in [1.165, 1.54) is 250 Å². The number of hydrogen-bond acceptors (Lipinski definition) is 15. The minimum atomic E-state index is -4.96. The van der Waals surface area contributed by atoms with E-state index in [4.69, 9.17) is 37.0 Å². The third-order valence-corrected chi connectivity index (χ3v) is 20.3. The Labute approximate surface area is 594 Å². The molecule has 0 aliphatic heterocycles. The number of phosphoric acid groups is 2. The quantitative estimate of drug-likeness (QED) is 0.0222. The maximum atomic E-state index is 13.1. The van der Waals surface area contributed by atoms with E-state index in [-0.39, 0.29) is 25.7 Å². The van der Waals surface area contributed by atoms with Gasteiger partial charge >= 0.3 is 39.5 Å². The number of hydrogen-bond donors (Lipinski definition) is 3. The molecule has 0 aromatic carbocycles. The zero-order valence-electron chi connectivity index (χ0n) is 63.1. The molecule has 19 heteroatoms. The Balaban J connectivity index is 5.25. The fourth-order valence-electron chi connectivity index (χ4n) is 12.1. The molecule has 0 spiro atoms. The molecule has 3 N–H and O–H groups in total. The molecular weight excluding hydrogens is 1270 g/mol. The first-order valence-electron chi connectivity index (χ1n) is 40.8. The SMILES string of the molecule is CCCCCCCCCCCCCCCCCCC(=O)O[C@H](COC(=O)CCCCCCCCCCCCCCCCC)COP(=O)(O)OC[C@@H](O)COP(=O)(O)OC[C@@H](COC(=O)CCCCCCCCCCCCC)OC(=O)CCCCCCCCCCCCCCCCC. The van der Waals surface area contributed by atoms with Gasteiger partial charge in [0.2, 0.25) is 0 Å². The van der Waals surface area contributed by atoms with Crippen molar-refractivity contribution < 1.29 is 80.2 Å². The summed E-state index contributed by atoms with van der Waals surface area (Å²) in [6.07, 6.45) is 63.6. The molecule has 0 heterocycles. The summed E-state index contributed by atoms with van der Waals surface area (Å²) in [4.78, 5) is 72.9.